The molecule has 8 heteroatoms. The van der Waals surface area contributed by atoms with Crippen LogP contribution in [0.15, 0.2) is 36.9 Å². The van der Waals surface area contributed by atoms with E-state index in [1.54, 1.807) is 16.9 Å². The molecule has 0 spiro atoms. The molecule has 4 heterocycles. The molecule has 1 saturated heterocycles. The van der Waals surface area contributed by atoms with E-state index in [1.165, 1.54) is 0 Å². The molecule has 0 aromatic carbocycles. The highest BCUT2D eigenvalue weighted by atomic mass is 16.2. The number of amides is 1. The van der Waals surface area contributed by atoms with E-state index in [2.05, 4.69) is 33.8 Å². The normalized spacial score (nSPS) is 16.3. The fourth-order valence-electron chi connectivity index (χ4n) is 3.61. The number of anilines is 1. The lowest BCUT2D eigenvalue weighted by Crippen LogP contribution is -2.50. The highest BCUT2D eigenvalue weighted by molar-refractivity contribution is 5.80. The van der Waals surface area contributed by atoms with Crippen LogP contribution in [0.2, 0.25) is 0 Å². The van der Waals surface area contributed by atoms with Gasteiger partial charge in [0, 0.05) is 56.9 Å². The maximum Gasteiger partial charge on any atom is 0.245 e. The quantitative estimate of drug-likeness (QED) is 0.705. The molecule has 1 aliphatic rings. The number of aromatic nitrogens is 5. The summed E-state index contributed by atoms with van der Waals surface area (Å²) in [5, 5.41) is 4.60. The van der Waals surface area contributed by atoms with Gasteiger partial charge in [0.2, 0.25) is 5.91 Å². The van der Waals surface area contributed by atoms with Gasteiger partial charge in [-0.3, -0.25) is 4.79 Å². The maximum absolute atomic E-state index is 13.0. The highest BCUT2D eigenvalue weighted by Gasteiger charge is 2.27. The molecule has 0 aliphatic carbocycles. The topological polar surface area (TPSA) is 71.6 Å². The van der Waals surface area contributed by atoms with Crippen molar-refractivity contribution in [3.8, 4) is 0 Å². The van der Waals surface area contributed by atoms with Gasteiger partial charge >= 0.3 is 0 Å². The number of carbonyl (C=O) groups excluding carboxylic acids is 1. The fraction of sp³-hybridized carbons (Fsp3) is 0.474. The largest absolute Gasteiger partial charge is 0.352 e. The Kier molecular flexibility index (Phi) is 4.55. The number of hydrogen-bond acceptors (Lipinski definition) is 5. The number of imidazole rings is 2. The number of hydrogen-bond donors (Lipinski definition) is 0. The van der Waals surface area contributed by atoms with E-state index < -0.39 is 0 Å². The predicted octanol–water partition coefficient (Wildman–Crippen LogP) is 1.96. The number of rotatable bonds is 4. The lowest BCUT2D eigenvalue weighted by Gasteiger charge is -2.36. The molecule has 1 atom stereocenters. The van der Waals surface area contributed by atoms with Gasteiger partial charge in [0.25, 0.3) is 0 Å². The molecular formula is C19H25N7O. The third kappa shape index (κ3) is 3.27. The van der Waals surface area contributed by atoms with Crippen LogP contribution in [0.1, 0.15) is 38.6 Å². The summed E-state index contributed by atoms with van der Waals surface area (Å²) >= 11 is 0. The van der Waals surface area contributed by atoms with Crippen LogP contribution >= 0.6 is 0 Å². The zero-order chi connectivity index (χ0) is 19.0. The van der Waals surface area contributed by atoms with Crippen molar-refractivity contribution in [2.24, 2.45) is 0 Å². The average Bonchev–Trinajstić information content (AvgIpc) is 3.35. The van der Waals surface area contributed by atoms with Crippen molar-refractivity contribution in [2.75, 3.05) is 31.1 Å². The molecule has 3 aromatic heterocycles. The van der Waals surface area contributed by atoms with Gasteiger partial charge in [-0.15, -0.1) is 5.10 Å². The number of piperazine rings is 1. The van der Waals surface area contributed by atoms with Crippen molar-refractivity contribution >= 4 is 17.4 Å². The van der Waals surface area contributed by atoms with E-state index in [0.717, 1.165) is 30.4 Å². The zero-order valence-corrected chi connectivity index (χ0v) is 16.0. The molecule has 1 amide bonds. The molecule has 4 rings (SSSR count). The molecule has 0 saturated carbocycles. The Hall–Kier alpha value is -2.90. The summed E-state index contributed by atoms with van der Waals surface area (Å²) in [7, 11) is 0. The lowest BCUT2D eigenvalue weighted by molar-refractivity contribution is -0.134. The van der Waals surface area contributed by atoms with Gasteiger partial charge in [0.1, 0.15) is 17.7 Å². The second-order valence-electron chi connectivity index (χ2n) is 7.26. The molecule has 1 unspecified atom stereocenters. The van der Waals surface area contributed by atoms with Crippen molar-refractivity contribution in [1.29, 1.82) is 0 Å². The molecule has 142 valence electrons. The Labute approximate surface area is 158 Å². The number of fused-ring (bicyclic) bond motifs is 1. The first-order chi connectivity index (χ1) is 13.0. The number of carbonyl (C=O) groups is 1. The van der Waals surface area contributed by atoms with Crippen LogP contribution in [0, 0.1) is 0 Å². The van der Waals surface area contributed by atoms with Gasteiger partial charge < -0.3 is 14.4 Å². The van der Waals surface area contributed by atoms with Crippen LogP contribution in [-0.2, 0) is 4.79 Å². The van der Waals surface area contributed by atoms with E-state index in [1.807, 2.05) is 40.9 Å². The summed E-state index contributed by atoms with van der Waals surface area (Å²) in [6.45, 7) is 9.07. The summed E-state index contributed by atoms with van der Waals surface area (Å²) in [5.41, 5.74) is 0.836. The molecule has 1 fully saturated rings. The maximum atomic E-state index is 13.0. The van der Waals surface area contributed by atoms with Crippen LogP contribution in [0.4, 0.5) is 5.82 Å². The Morgan fingerprint density at radius 1 is 1.00 bits per heavy atom. The minimum atomic E-state index is -0.239. The van der Waals surface area contributed by atoms with Gasteiger partial charge in [-0.2, -0.15) is 0 Å². The first kappa shape index (κ1) is 17.5. The van der Waals surface area contributed by atoms with E-state index in [9.17, 15) is 4.79 Å². The van der Waals surface area contributed by atoms with Crippen LogP contribution in [-0.4, -0.2) is 61.1 Å². The third-order valence-corrected chi connectivity index (χ3v) is 5.15. The van der Waals surface area contributed by atoms with Gasteiger partial charge in [0.15, 0.2) is 5.65 Å². The van der Waals surface area contributed by atoms with E-state index in [4.69, 9.17) is 0 Å². The highest BCUT2D eigenvalue weighted by Crippen LogP contribution is 2.20. The van der Waals surface area contributed by atoms with Gasteiger partial charge in [-0.1, -0.05) is 13.8 Å². The second-order valence-corrected chi connectivity index (χ2v) is 7.26. The van der Waals surface area contributed by atoms with Gasteiger partial charge in [0.05, 0.1) is 0 Å². The number of nitrogens with zero attached hydrogens (tertiary/aromatic N) is 7. The van der Waals surface area contributed by atoms with Crippen molar-refractivity contribution in [3.63, 3.8) is 0 Å². The lowest BCUT2D eigenvalue weighted by atomic mass is 10.2. The minimum Gasteiger partial charge on any atom is -0.352 e. The van der Waals surface area contributed by atoms with Gasteiger partial charge in [-0.25, -0.2) is 14.5 Å². The molecule has 1 aliphatic heterocycles. The van der Waals surface area contributed by atoms with E-state index >= 15 is 0 Å². The molecule has 0 bridgehead atoms. The summed E-state index contributed by atoms with van der Waals surface area (Å²) in [5.74, 6) is 2.30. The van der Waals surface area contributed by atoms with Crippen LogP contribution in [0.25, 0.3) is 5.65 Å². The average molecular weight is 367 g/mol. The van der Waals surface area contributed by atoms with E-state index in [0.29, 0.717) is 13.1 Å². The van der Waals surface area contributed by atoms with Crippen LogP contribution < -0.4 is 4.90 Å². The second kappa shape index (κ2) is 7.02. The van der Waals surface area contributed by atoms with Crippen molar-refractivity contribution < 1.29 is 4.79 Å². The molecule has 8 nitrogen and oxygen atoms in total. The molecule has 27 heavy (non-hydrogen) atoms. The van der Waals surface area contributed by atoms with Crippen molar-refractivity contribution in [1.82, 2.24) is 29.0 Å². The minimum absolute atomic E-state index is 0.146. The molecule has 3 aromatic rings. The summed E-state index contributed by atoms with van der Waals surface area (Å²) in [6, 6.07) is 3.72. The monoisotopic (exact) mass is 367 g/mol. The van der Waals surface area contributed by atoms with Crippen LogP contribution in [0.3, 0.4) is 0 Å². The zero-order valence-electron chi connectivity index (χ0n) is 16.0. The Bertz CT molecular complexity index is 936. The standard InChI is InChI=1S/C19H25N7O/c1-14(2)18-21-6-8-25(18)15(3)19(27)24-12-10-23(11-13-24)17-5-4-16-20-7-9-26(16)22-17/h4-9,14-15H,10-13H2,1-3H3. The Morgan fingerprint density at radius 2 is 1.74 bits per heavy atom. The summed E-state index contributed by atoms with van der Waals surface area (Å²) < 4.78 is 3.77. The smallest absolute Gasteiger partial charge is 0.245 e. The SMILES string of the molecule is CC(C)c1nccn1C(C)C(=O)N1CCN(c2ccc3nccn3n2)CC1. The Morgan fingerprint density at radius 3 is 2.48 bits per heavy atom. The summed E-state index contributed by atoms with van der Waals surface area (Å²) in [6.07, 6.45) is 7.26. The fourth-order valence-corrected chi connectivity index (χ4v) is 3.61. The first-order valence-electron chi connectivity index (χ1n) is 9.41. The molecular weight excluding hydrogens is 342 g/mol. The third-order valence-electron chi connectivity index (χ3n) is 5.15. The first-order valence-corrected chi connectivity index (χ1v) is 9.41. The predicted molar refractivity (Wildman–Crippen MR) is 103 cm³/mol. The van der Waals surface area contributed by atoms with Crippen molar-refractivity contribution in [2.45, 2.75) is 32.7 Å². The summed E-state index contributed by atoms with van der Waals surface area (Å²) in [4.78, 5) is 25.8. The van der Waals surface area contributed by atoms with E-state index in [-0.39, 0.29) is 17.9 Å². The Balaban J connectivity index is 1.42. The molecule has 0 N–H and O–H groups in total. The molecule has 0 radical (unpaired) electrons. The van der Waals surface area contributed by atoms with Crippen LogP contribution in [0.5, 0.6) is 0 Å². The van der Waals surface area contributed by atoms with Gasteiger partial charge in [-0.05, 0) is 19.1 Å². The van der Waals surface area contributed by atoms with Crippen molar-refractivity contribution in [3.05, 3.63) is 42.7 Å².